The van der Waals surface area contributed by atoms with E-state index in [2.05, 4.69) is 33.2 Å². The third-order valence-corrected chi connectivity index (χ3v) is 6.51. The van der Waals surface area contributed by atoms with Crippen LogP contribution in [0.15, 0.2) is 59.5 Å². The number of H-pyrrole nitrogens is 1. The van der Waals surface area contributed by atoms with E-state index in [1.54, 1.807) is 28.8 Å². The number of carbonyl (C=O) groups is 1. The summed E-state index contributed by atoms with van der Waals surface area (Å²) in [6.45, 7) is 4.02. The number of carbonyl (C=O) groups excluding carboxylic acids is 1. The number of amides is 1. The van der Waals surface area contributed by atoms with Crippen LogP contribution in [0.5, 0.6) is 0 Å². The van der Waals surface area contributed by atoms with Crippen molar-refractivity contribution in [2.45, 2.75) is 0 Å². The number of para-hydroxylation sites is 1. The van der Waals surface area contributed by atoms with E-state index < -0.39 is 0 Å². The van der Waals surface area contributed by atoms with E-state index in [4.69, 9.17) is 4.98 Å². The average Bonchev–Trinajstić information content (AvgIpc) is 3.20. The predicted molar refractivity (Wildman–Crippen MR) is 131 cm³/mol. The van der Waals surface area contributed by atoms with Crippen LogP contribution in [0, 0.1) is 0 Å². The molecule has 1 saturated heterocycles. The van der Waals surface area contributed by atoms with Crippen molar-refractivity contribution in [3.05, 3.63) is 65.1 Å². The number of likely N-dealkylation sites (N-methyl/N-ethyl adjacent to an activating group) is 1. The zero-order valence-corrected chi connectivity index (χ0v) is 18.3. The number of hydrogen-bond donors (Lipinski definition) is 2. The van der Waals surface area contributed by atoms with Gasteiger partial charge in [0.2, 0.25) is 5.91 Å². The second-order valence-corrected chi connectivity index (χ2v) is 8.75. The van der Waals surface area contributed by atoms with E-state index in [1.165, 1.54) is 0 Å². The third kappa shape index (κ3) is 3.44. The molecule has 8 heteroatoms. The highest BCUT2D eigenvalue weighted by Gasteiger charge is 2.17. The fourth-order valence-electron chi connectivity index (χ4n) is 4.66. The first kappa shape index (κ1) is 19.9. The molecule has 0 saturated carbocycles. The standard InChI is InChI=1S/C25H24N6O2/c1-29-10-12-30(13-11-29)15-22(32)26-16-6-7-21-19(14-16)25(33)31-9-8-18-17-4-2-3-5-20(17)27-23(18)24(31)28-21/h2-9,14,27H,10-13,15H2,1H3,(H,26,32). The van der Waals surface area contributed by atoms with Crippen molar-refractivity contribution in [1.82, 2.24) is 24.2 Å². The van der Waals surface area contributed by atoms with Crippen LogP contribution in [0.3, 0.4) is 0 Å². The van der Waals surface area contributed by atoms with Crippen molar-refractivity contribution in [2.24, 2.45) is 0 Å². The van der Waals surface area contributed by atoms with Crippen LogP contribution >= 0.6 is 0 Å². The first-order valence-electron chi connectivity index (χ1n) is 11.1. The maximum atomic E-state index is 13.3. The molecule has 8 nitrogen and oxygen atoms in total. The van der Waals surface area contributed by atoms with Gasteiger partial charge >= 0.3 is 0 Å². The smallest absolute Gasteiger partial charge is 0.265 e. The van der Waals surface area contributed by atoms with E-state index in [0.717, 1.165) is 48.0 Å². The summed E-state index contributed by atoms with van der Waals surface area (Å²) in [6.07, 6.45) is 1.77. The monoisotopic (exact) mass is 440 g/mol. The molecule has 4 heterocycles. The molecule has 1 aliphatic heterocycles. The maximum Gasteiger partial charge on any atom is 0.265 e. The first-order valence-corrected chi connectivity index (χ1v) is 11.1. The lowest BCUT2D eigenvalue weighted by molar-refractivity contribution is -0.117. The zero-order chi connectivity index (χ0) is 22.5. The number of benzene rings is 2. The quantitative estimate of drug-likeness (QED) is 0.422. The Bertz CT molecular complexity index is 1590. The molecule has 0 bridgehead atoms. The molecule has 0 atom stereocenters. The molecule has 0 spiro atoms. The zero-order valence-electron chi connectivity index (χ0n) is 18.3. The summed E-state index contributed by atoms with van der Waals surface area (Å²) in [5, 5.41) is 5.54. The van der Waals surface area contributed by atoms with E-state index >= 15 is 0 Å². The number of nitrogens with zero attached hydrogens (tertiary/aromatic N) is 4. The molecule has 1 aliphatic rings. The molecular weight excluding hydrogens is 416 g/mol. The van der Waals surface area contributed by atoms with Gasteiger partial charge in [0.05, 0.1) is 23.0 Å². The van der Waals surface area contributed by atoms with Gasteiger partial charge in [0.25, 0.3) is 5.56 Å². The number of pyridine rings is 1. The minimum absolute atomic E-state index is 0.0764. The summed E-state index contributed by atoms with van der Waals surface area (Å²) in [4.78, 5) is 38.5. The lowest BCUT2D eigenvalue weighted by Gasteiger charge is -2.31. The Labute approximate surface area is 189 Å². The molecule has 2 aromatic carbocycles. The van der Waals surface area contributed by atoms with Gasteiger partial charge in [-0.25, -0.2) is 4.98 Å². The van der Waals surface area contributed by atoms with Crippen LogP contribution in [0.1, 0.15) is 0 Å². The fourth-order valence-corrected chi connectivity index (χ4v) is 4.66. The van der Waals surface area contributed by atoms with Gasteiger partial charge in [0.1, 0.15) is 0 Å². The third-order valence-electron chi connectivity index (χ3n) is 6.51. The van der Waals surface area contributed by atoms with Crippen LogP contribution < -0.4 is 10.9 Å². The molecule has 33 heavy (non-hydrogen) atoms. The largest absolute Gasteiger partial charge is 0.351 e. The van der Waals surface area contributed by atoms with Crippen LogP contribution in [0.2, 0.25) is 0 Å². The summed E-state index contributed by atoms with van der Waals surface area (Å²) in [5.41, 5.74) is 3.48. The summed E-state index contributed by atoms with van der Waals surface area (Å²) in [7, 11) is 2.09. The molecule has 3 aromatic heterocycles. The van der Waals surface area contributed by atoms with Crippen LogP contribution in [-0.4, -0.2) is 69.8 Å². The minimum atomic E-state index is -0.161. The maximum absolute atomic E-state index is 13.3. The van der Waals surface area contributed by atoms with Gasteiger partial charge in [0, 0.05) is 54.4 Å². The number of rotatable bonds is 3. The van der Waals surface area contributed by atoms with Crippen molar-refractivity contribution in [2.75, 3.05) is 45.1 Å². The second-order valence-electron chi connectivity index (χ2n) is 8.75. The highest BCUT2D eigenvalue weighted by Crippen LogP contribution is 2.27. The molecule has 0 radical (unpaired) electrons. The van der Waals surface area contributed by atoms with E-state index in [-0.39, 0.29) is 11.5 Å². The molecule has 0 unspecified atom stereocenters. The Kier molecular flexibility index (Phi) is 4.63. The SMILES string of the molecule is CN1CCN(CC(=O)Nc2ccc3nc4c5[nH]c6ccccc6c5ccn4c(=O)c3c2)CC1. The highest BCUT2D eigenvalue weighted by molar-refractivity contribution is 6.11. The second kappa shape index (κ2) is 7.68. The number of aromatic nitrogens is 3. The van der Waals surface area contributed by atoms with Crippen LogP contribution in [-0.2, 0) is 4.79 Å². The van der Waals surface area contributed by atoms with Crippen LogP contribution in [0.25, 0.3) is 38.4 Å². The van der Waals surface area contributed by atoms with Crippen molar-refractivity contribution in [3.8, 4) is 0 Å². The van der Waals surface area contributed by atoms with E-state index in [1.807, 2.05) is 24.3 Å². The summed E-state index contributed by atoms with van der Waals surface area (Å²) >= 11 is 0. The topological polar surface area (TPSA) is 85.7 Å². The number of piperazine rings is 1. The number of aromatic amines is 1. The lowest BCUT2D eigenvalue weighted by atomic mass is 10.2. The van der Waals surface area contributed by atoms with E-state index in [0.29, 0.717) is 28.8 Å². The lowest BCUT2D eigenvalue weighted by Crippen LogP contribution is -2.47. The van der Waals surface area contributed by atoms with Gasteiger partial charge in [-0.1, -0.05) is 18.2 Å². The van der Waals surface area contributed by atoms with Gasteiger partial charge in [-0.05, 0) is 37.4 Å². The van der Waals surface area contributed by atoms with Crippen molar-refractivity contribution >= 4 is 50.0 Å². The normalized spacial score (nSPS) is 15.7. The Balaban J connectivity index is 1.36. The minimum Gasteiger partial charge on any atom is -0.351 e. The Morgan fingerprint density at radius 1 is 1.03 bits per heavy atom. The van der Waals surface area contributed by atoms with Crippen molar-refractivity contribution in [3.63, 3.8) is 0 Å². The number of nitrogens with one attached hydrogen (secondary N) is 2. The number of anilines is 1. The van der Waals surface area contributed by atoms with Crippen molar-refractivity contribution < 1.29 is 4.79 Å². The Morgan fingerprint density at radius 3 is 2.70 bits per heavy atom. The van der Waals surface area contributed by atoms with Gasteiger partial charge in [-0.2, -0.15) is 0 Å². The van der Waals surface area contributed by atoms with Crippen molar-refractivity contribution in [1.29, 1.82) is 0 Å². The fraction of sp³-hybridized carbons (Fsp3) is 0.240. The molecule has 1 amide bonds. The average molecular weight is 441 g/mol. The van der Waals surface area contributed by atoms with Gasteiger partial charge < -0.3 is 15.2 Å². The highest BCUT2D eigenvalue weighted by atomic mass is 16.2. The number of fused-ring (bicyclic) bond motifs is 6. The molecular formula is C25H24N6O2. The van der Waals surface area contributed by atoms with Crippen LogP contribution in [0.4, 0.5) is 5.69 Å². The first-order chi connectivity index (χ1) is 16.1. The Morgan fingerprint density at radius 2 is 1.85 bits per heavy atom. The van der Waals surface area contributed by atoms with Gasteiger partial charge in [-0.3, -0.25) is 18.9 Å². The van der Waals surface area contributed by atoms with Gasteiger partial charge in [0.15, 0.2) is 5.65 Å². The Hall–Kier alpha value is -3.75. The summed E-state index contributed by atoms with van der Waals surface area (Å²) in [6, 6.07) is 15.3. The number of hydrogen-bond acceptors (Lipinski definition) is 5. The molecule has 2 N–H and O–H groups in total. The molecule has 166 valence electrons. The summed E-state index contributed by atoms with van der Waals surface area (Å²) < 4.78 is 1.57. The van der Waals surface area contributed by atoms with Gasteiger partial charge in [-0.15, -0.1) is 0 Å². The molecule has 6 rings (SSSR count). The summed E-state index contributed by atoms with van der Waals surface area (Å²) in [5.74, 6) is -0.0764. The molecule has 0 aliphatic carbocycles. The molecule has 1 fully saturated rings. The van der Waals surface area contributed by atoms with E-state index in [9.17, 15) is 9.59 Å². The predicted octanol–water partition coefficient (Wildman–Crippen LogP) is 2.67. The molecule has 5 aromatic rings.